The summed E-state index contributed by atoms with van der Waals surface area (Å²) in [5.41, 5.74) is 1.32. The summed E-state index contributed by atoms with van der Waals surface area (Å²) in [4.78, 5) is 14.1. The number of aryl methyl sites for hydroxylation is 1. The molecule has 0 aromatic heterocycles. The van der Waals surface area contributed by atoms with Crippen molar-refractivity contribution in [3.8, 4) is 0 Å². The van der Waals surface area contributed by atoms with Crippen LogP contribution in [-0.4, -0.2) is 41.7 Å². The molecule has 20 heavy (non-hydrogen) atoms. The number of aliphatic hydroxyl groups excluding tert-OH is 1. The molecule has 0 spiro atoms. The molecule has 0 radical (unpaired) electrons. The highest BCUT2D eigenvalue weighted by Gasteiger charge is 2.25. The van der Waals surface area contributed by atoms with Crippen LogP contribution in [0.25, 0.3) is 0 Å². The molecule has 1 atom stereocenters. The van der Waals surface area contributed by atoms with E-state index in [9.17, 15) is 9.90 Å². The van der Waals surface area contributed by atoms with Crippen molar-refractivity contribution < 1.29 is 9.90 Å². The molecular weight excluding hydrogens is 299 g/mol. The number of rotatable bonds is 4. The van der Waals surface area contributed by atoms with Crippen LogP contribution in [0.15, 0.2) is 12.1 Å². The molecule has 1 aliphatic rings. The molecule has 0 saturated carbocycles. The number of hydrogen-bond acceptors (Lipinski definition) is 3. The van der Waals surface area contributed by atoms with Crippen molar-refractivity contribution in [3.05, 3.63) is 27.7 Å². The van der Waals surface area contributed by atoms with Crippen molar-refractivity contribution in [2.24, 2.45) is 0 Å². The average Bonchev–Trinajstić information content (AvgIpc) is 2.86. The van der Waals surface area contributed by atoms with Crippen LogP contribution < -0.4 is 5.32 Å². The van der Waals surface area contributed by atoms with Gasteiger partial charge < -0.3 is 10.4 Å². The first-order valence-electron chi connectivity index (χ1n) is 6.62. The van der Waals surface area contributed by atoms with Gasteiger partial charge in [0.25, 0.3) is 0 Å². The van der Waals surface area contributed by atoms with E-state index in [2.05, 4.69) is 5.32 Å². The van der Waals surface area contributed by atoms with Gasteiger partial charge in [0.15, 0.2) is 0 Å². The topological polar surface area (TPSA) is 52.6 Å². The number of nitrogens with zero attached hydrogens (tertiary/aromatic N) is 1. The van der Waals surface area contributed by atoms with Gasteiger partial charge in [-0.3, -0.25) is 9.69 Å². The summed E-state index contributed by atoms with van der Waals surface area (Å²) in [6, 6.07) is 3.59. The van der Waals surface area contributed by atoms with Crippen molar-refractivity contribution in [1.29, 1.82) is 0 Å². The standard InChI is InChI=1S/C14H18Cl2N2O2/c1-9-4-5-11(15)14(13(9)16)17-12(20)7-18-6-2-3-10(18)8-19/h4-5,10,19H,2-3,6-8H2,1H3,(H,17,20)/t10-/m1/s1. The second-order valence-corrected chi connectivity index (χ2v) is 5.84. The largest absolute Gasteiger partial charge is 0.395 e. The Labute approximate surface area is 128 Å². The fraction of sp³-hybridized carbons (Fsp3) is 0.500. The maximum Gasteiger partial charge on any atom is 0.238 e. The van der Waals surface area contributed by atoms with E-state index in [-0.39, 0.29) is 25.1 Å². The third-order valence-electron chi connectivity index (χ3n) is 3.61. The Kier molecular flexibility index (Phi) is 5.27. The van der Waals surface area contributed by atoms with Crippen LogP contribution in [0.4, 0.5) is 5.69 Å². The quantitative estimate of drug-likeness (QED) is 0.898. The van der Waals surface area contributed by atoms with E-state index in [1.807, 2.05) is 17.9 Å². The molecule has 110 valence electrons. The molecule has 0 aliphatic carbocycles. The molecule has 1 heterocycles. The third-order valence-corrected chi connectivity index (χ3v) is 4.41. The van der Waals surface area contributed by atoms with Crippen LogP contribution in [0.2, 0.25) is 10.0 Å². The first-order valence-corrected chi connectivity index (χ1v) is 7.38. The van der Waals surface area contributed by atoms with Gasteiger partial charge in [0.05, 0.1) is 28.9 Å². The van der Waals surface area contributed by atoms with Crippen molar-refractivity contribution in [3.63, 3.8) is 0 Å². The van der Waals surface area contributed by atoms with Crippen LogP contribution in [0, 0.1) is 6.92 Å². The van der Waals surface area contributed by atoms with Crippen LogP contribution in [0.3, 0.4) is 0 Å². The van der Waals surface area contributed by atoms with Crippen molar-refractivity contribution in [2.45, 2.75) is 25.8 Å². The lowest BCUT2D eigenvalue weighted by atomic mass is 10.2. The van der Waals surface area contributed by atoms with E-state index in [1.54, 1.807) is 6.07 Å². The molecule has 1 amide bonds. The molecule has 6 heteroatoms. The number of halogens is 2. The van der Waals surface area contributed by atoms with Crippen LogP contribution >= 0.6 is 23.2 Å². The molecule has 1 aromatic carbocycles. The summed E-state index contributed by atoms with van der Waals surface area (Å²) < 4.78 is 0. The summed E-state index contributed by atoms with van der Waals surface area (Å²) in [6.07, 6.45) is 1.93. The minimum absolute atomic E-state index is 0.0733. The maximum absolute atomic E-state index is 12.1. The Balaban J connectivity index is 2.03. The maximum atomic E-state index is 12.1. The van der Waals surface area contributed by atoms with Crippen molar-refractivity contribution >= 4 is 34.8 Å². The summed E-state index contributed by atoms with van der Waals surface area (Å²) in [6.45, 7) is 3.01. The van der Waals surface area contributed by atoms with Crippen molar-refractivity contribution in [1.82, 2.24) is 4.90 Å². The smallest absolute Gasteiger partial charge is 0.238 e. The highest BCUT2D eigenvalue weighted by atomic mass is 35.5. The molecule has 1 aromatic rings. The number of anilines is 1. The van der Waals surface area contributed by atoms with E-state index >= 15 is 0 Å². The first kappa shape index (κ1) is 15.6. The molecule has 1 saturated heterocycles. The molecular formula is C14H18Cl2N2O2. The van der Waals surface area contributed by atoms with E-state index in [0.717, 1.165) is 24.9 Å². The molecule has 1 fully saturated rings. The second-order valence-electron chi connectivity index (χ2n) is 5.05. The van der Waals surface area contributed by atoms with Gasteiger partial charge >= 0.3 is 0 Å². The summed E-state index contributed by atoms with van der Waals surface area (Å²) >= 11 is 12.2. The zero-order chi connectivity index (χ0) is 14.7. The number of benzene rings is 1. The van der Waals surface area contributed by atoms with E-state index in [1.165, 1.54) is 0 Å². The van der Waals surface area contributed by atoms with Crippen LogP contribution in [0.5, 0.6) is 0 Å². The zero-order valence-electron chi connectivity index (χ0n) is 11.3. The van der Waals surface area contributed by atoms with Gasteiger partial charge in [-0.05, 0) is 37.9 Å². The lowest BCUT2D eigenvalue weighted by Crippen LogP contribution is -2.38. The second kappa shape index (κ2) is 6.76. The monoisotopic (exact) mass is 316 g/mol. The zero-order valence-corrected chi connectivity index (χ0v) is 12.8. The number of likely N-dealkylation sites (tertiary alicyclic amines) is 1. The molecule has 0 unspecified atom stereocenters. The first-order chi connectivity index (χ1) is 9.52. The third kappa shape index (κ3) is 3.44. The molecule has 4 nitrogen and oxygen atoms in total. The minimum atomic E-state index is -0.167. The lowest BCUT2D eigenvalue weighted by Gasteiger charge is -2.22. The number of carbonyl (C=O) groups is 1. The number of carbonyl (C=O) groups excluding carboxylic acids is 1. The van der Waals surface area contributed by atoms with E-state index in [4.69, 9.17) is 23.2 Å². The Bertz CT molecular complexity index is 508. The highest BCUT2D eigenvalue weighted by molar-refractivity contribution is 6.40. The number of nitrogens with one attached hydrogen (secondary N) is 1. The fourth-order valence-electron chi connectivity index (χ4n) is 2.44. The average molecular weight is 317 g/mol. The normalized spacial score (nSPS) is 19.3. The SMILES string of the molecule is Cc1ccc(Cl)c(NC(=O)CN2CCC[C@@H]2CO)c1Cl. The predicted octanol–water partition coefficient (Wildman–Crippen LogP) is 2.70. The Morgan fingerprint density at radius 2 is 2.25 bits per heavy atom. The fourth-order valence-corrected chi connectivity index (χ4v) is 2.91. The molecule has 1 aliphatic heterocycles. The number of amides is 1. The van der Waals surface area contributed by atoms with Gasteiger partial charge in [-0.2, -0.15) is 0 Å². The summed E-state index contributed by atoms with van der Waals surface area (Å²) in [5.74, 6) is -0.167. The highest BCUT2D eigenvalue weighted by Crippen LogP contribution is 2.32. The Morgan fingerprint density at radius 1 is 1.50 bits per heavy atom. The van der Waals surface area contributed by atoms with E-state index in [0.29, 0.717) is 15.7 Å². The Hall–Kier alpha value is -0.810. The summed E-state index contributed by atoms with van der Waals surface area (Å²) in [5, 5.41) is 12.9. The van der Waals surface area contributed by atoms with Crippen LogP contribution in [0.1, 0.15) is 18.4 Å². The van der Waals surface area contributed by atoms with Gasteiger partial charge in [-0.25, -0.2) is 0 Å². The van der Waals surface area contributed by atoms with Crippen LogP contribution in [-0.2, 0) is 4.79 Å². The number of hydrogen-bond donors (Lipinski definition) is 2. The number of aliphatic hydroxyl groups is 1. The molecule has 2 N–H and O–H groups in total. The van der Waals surface area contributed by atoms with Gasteiger partial charge in [0, 0.05) is 6.04 Å². The van der Waals surface area contributed by atoms with Gasteiger partial charge in [-0.1, -0.05) is 29.3 Å². The summed E-state index contributed by atoms with van der Waals surface area (Å²) in [7, 11) is 0. The van der Waals surface area contributed by atoms with Gasteiger partial charge in [0.2, 0.25) is 5.91 Å². The van der Waals surface area contributed by atoms with Crippen molar-refractivity contribution in [2.75, 3.05) is 25.0 Å². The van der Waals surface area contributed by atoms with E-state index < -0.39 is 0 Å². The molecule has 2 rings (SSSR count). The Morgan fingerprint density at radius 3 is 2.95 bits per heavy atom. The molecule has 0 bridgehead atoms. The van der Waals surface area contributed by atoms with Gasteiger partial charge in [0.1, 0.15) is 0 Å². The lowest BCUT2D eigenvalue weighted by molar-refractivity contribution is -0.117. The minimum Gasteiger partial charge on any atom is -0.395 e. The van der Waals surface area contributed by atoms with Gasteiger partial charge in [-0.15, -0.1) is 0 Å². The predicted molar refractivity (Wildman–Crippen MR) is 81.5 cm³/mol.